The molecule has 4 heteroatoms. The van der Waals surface area contributed by atoms with Crippen molar-refractivity contribution in [3.8, 4) is 5.75 Å². The van der Waals surface area contributed by atoms with Crippen molar-refractivity contribution in [2.75, 3.05) is 39.0 Å². The quantitative estimate of drug-likeness (QED) is 0.544. The van der Waals surface area contributed by atoms with Crippen LogP contribution >= 0.6 is 0 Å². The van der Waals surface area contributed by atoms with Crippen LogP contribution in [0.2, 0.25) is 0 Å². The van der Waals surface area contributed by atoms with Crippen LogP contribution < -0.4 is 15.8 Å². The minimum atomic E-state index is 0.472. The zero-order valence-corrected chi connectivity index (χ0v) is 14.1. The lowest BCUT2D eigenvalue weighted by atomic mass is 10.1. The van der Waals surface area contributed by atoms with E-state index < -0.39 is 0 Å². The number of rotatable bonds is 9. The summed E-state index contributed by atoms with van der Waals surface area (Å²) in [6.07, 6.45) is 6.33. The second-order valence-electron chi connectivity index (χ2n) is 6.39. The molecule has 124 valence electrons. The van der Waals surface area contributed by atoms with E-state index in [1.807, 2.05) is 12.1 Å². The van der Waals surface area contributed by atoms with Crippen LogP contribution in [0.3, 0.4) is 0 Å². The Morgan fingerprint density at radius 1 is 1.27 bits per heavy atom. The third-order valence-corrected chi connectivity index (χ3v) is 4.43. The molecule has 1 aliphatic heterocycles. The number of hydrogen-bond acceptors (Lipinski definition) is 4. The third kappa shape index (κ3) is 5.50. The highest BCUT2D eigenvalue weighted by atomic mass is 16.5. The number of benzene rings is 1. The fraction of sp³-hybridized carbons (Fsp3) is 0.667. The average Bonchev–Trinajstić information content (AvgIpc) is 3.00. The summed E-state index contributed by atoms with van der Waals surface area (Å²) >= 11 is 0. The molecule has 4 nitrogen and oxygen atoms in total. The Hall–Kier alpha value is -1.26. The lowest BCUT2D eigenvalue weighted by Crippen LogP contribution is -2.29. The Morgan fingerprint density at radius 2 is 2.05 bits per heavy atom. The Labute approximate surface area is 135 Å². The highest BCUT2D eigenvalue weighted by Crippen LogP contribution is 2.22. The molecule has 1 unspecified atom stereocenters. The monoisotopic (exact) mass is 305 g/mol. The average molecular weight is 305 g/mol. The maximum atomic E-state index is 5.96. The Morgan fingerprint density at radius 3 is 2.73 bits per heavy atom. The number of nitrogens with two attached hydrogens (primary N) is 1. The summed E-state index contributed by atoms with van der Waals surface area (Å²) < 4.78 is 5.19. The van der Waals surface area contributed by atoms with Crippen LogP contribution in [-0.2, 0) is 6.42 Å². The second-order valence-corrected chi connectivity index (χ2v) is 6.39. The molecular formula is C18H31N3O. The molecule has 22 heavy (non-hydrogen) atoms. The summed E-state index contributed by atoms with van der Waals surface area (Å²) in [5, 5.41) is 3.61. The standard InChI is InChI=1S/C18H31N3O/c1-15(13-16-7-8-18(22-2)17(19)14-16)20-9-3-4-10-21-11-5-6-12-21/h7-8,14-15,20H,3-6,9-13,19H2,1-2H3. The number of nitrogens with zero attached hydrogens (tertiary/aromatic N) is 1. The summed E-state index contributed by atoms with van der Waals surface area (Å²) in [5.41, 5.74) is 7.94. The summed E-state index contributed by atoms with van der Waals surface area (Å²) in [6.45, 7) is 7.22. The number of hydrogen-bond donors (Lipinski definition) is 2. The topological polar surface area (TPSA) is 50.5 Å². The molecule has 0 aliphatic carbocycles. The van der Waals surface area contributed by atoms with Gasteiger partial charge in [0.1, 0.15) is 5.75 Å². The maximum Gasteiger partial charge on any atom is 0.141 e. The smallest absolute Gasteiger partial charge is 0.141 e. The van der Waals surface area contributed by atoms with Crippen molar-refractivity contribution < 1.29 is 4.74 Å². The zero-order valence-electron chi connectivity index (χ0n) is 14.1. The number of anilines is 1. The number of unbranched alkanes of at least 4 members (excludes halogenated alkanes) is 1. The molecule has 0 aromatic heterocycles. The molecule has 1 atom stereocenters. The molecule has 1 saturated heterocycles. The van der Waals surface area contributed by atoms with Gasteiger partial charge in [0.15, 0.2) is 0 Å². The summed E-state index contributed by atoms with van der Waals surface area (Å²) in [6, 6.07) is 6.54. The van der Waals surface area contributed by atoms with E-state index in [0.717, 1.165) is 24.4 Å². The van der Waals surface area contributed by atoms with Crippen molar-refractivity contribution >= 4 is 5.69 Å². The minimum Gasteiger partial charge on any atom is -0.495 e. The van der Waals surface area contributed by atoms with E-state index in [2.05, 4.69) is 23.2 Å². The number of ether oxygens (including phenoxy) is 1. The van der Waals surface area contributed by atoms with Crippen molar-refractivity contribution in [3.63, 3.8) is 0 Å². The molecule has 0 spiro atoms. The molecule has 1 aromatic carbocycles. The van der Waals surface area contributed by atoms with Gasteiger partial charge < -0.3 is 20.7 Å². The Balaban J connectivity index is 1.60. The highest BCUT2D eigenvalue weighted by Gasteiger charge is 2.10. The number of nitrogens with one attached hydrogen (secondary N) is 1. The Kier molecular flexibility index (Phi) is 7.00. The van der Waals surface area contributed by atoms with Crippen LogP contribution in [0.25, 0.3) is 0 Å². The molecule has 0 bridgehead atoms. The van der Waals surface area contributed by atoms with E-state index in [-0.39, 0.29) is 0 Å². The van der Waals surface area contributed by atoms with E-state index in [4.69, 9.17) is 10.5 Å². The van der Waals surface area contributed by atoms with Gasteiger partial charge in [-0.05, 0) is 82.9 Å². The molecule has 1 aliphatic rings. The van der Waals surface area contributed by atoms with Gasteiger partial charge in [0.25, 0.3) is 0 Å². The predicted octanol–water partition coefficient (Wildman–Crippen LogP) is 2.67. The molecular weight excluding hydrogens is 274 g/mol. The van der Waals surface area contributed by atoms with Gasteiger partial charge in [-0.3, -0.25) is 0 Å². The van der Waals surface area contributed by atoms with Crippen LogP contribution in [-0.4, -0.2) is 44.2 Å². The van der Waals surface area contributed by atoms with Crippen LogP contribution in [0, 0.1) is 0 Å². The van der Waals surface area contributed by atoms with Crippen molar-refractivity contribution in [1.82, 2.24) is 10.2 Å². The fourth-order valence-electron chi connectivity index (χ4n) is 3.15. The number of nitrogen functional groups attached to an aromatic ring is 1. The number of likely N-dealkylation sites (tertiary alicyclic amines) is 1. The zero-order chi connectivity index (χ0) is 15.8. The van der Waals surface area contributed by atoms with E-state index in [1.54, 1.807) is 7.11 Å². The maximum absolute atomic E-state index is 5.96. The normalized spacial score (nSPS) is 16.8. The van der Waals surface area contributed by atoms with Gasteiger partial charge in [-0.25, -0.2) is 0 Å². The predicted molar refractivity (Wildman–Crippen MR) is 93.5 cm³/mol. The Bertz CT molecular complexity index is 444. The van der Waals surface area contributed by atoms with Gasteiger partial charge >= 0.3 is 0 Å². The highest BCUT2D eigenvalue weighted by molar-refractivity contribution is 5.54. The summed E-state index contributed by atoms with van der Waals surface area (Å²) in [5.74, 6) is 0.756. The van der Waals surface area contributed by atoms with Gasteiger partial charge in [-0.15, -0.1) is 0 Å². The lowest BCUT2D eigenvalue weighted by Gasteiger charge is -2.16. The first-order valence-corrected chi connectivity index (χ1v) is 8.57. The van der Waals surface area contributed by atoms with Gasteiger partial charge in [-0.2, -0.15) is 0 Å². The largest absolute Gasteiger partial charge is 0.495 e. The molecule has 0 amide bonds. The molecule has 1 aromatic rings. The summed E-state index contributed by atoms with van der Waals surface area (Å²) in [7, 11) is 1.65. The second kappa shape index (κ2) is 9.01. The van der Waals surface area contributed by atoms with Crippen LogP contribution in [0.15, 0.2) is 18.2 Å². The van der Waals surface area contributed by atoms with Crippen molar-refractivity contribution in [3.05, 3.63) is 23.8 Å². The first kappa shape index (κ1) is 17.1. The molecule has 3 N–H and O–H groups in total. The summed E-state index contributed by atoms with van der Waals surface area (Å²) in [4.78, 5) is 2.59. The van der Waals surface area contributed by atoms with Crippen LogP contribution in [0.5, 0.6) is 5.75 Å². The van der Waals surface area contributed by atoms with Gasteiger partial charge in [0, 0.05) is 6.04 Å². The first-order chi connectivity index (χ1) is 10.7. The van der Waals surface area contributed by atoms with Gasteiger partial charge in [0.05, 0.1) is 12.8 Å². The van der Waals surface area contributed by atoms with Crippen LogP contribution in [0.4, 0.5) is 5.69 Å². The van der Waals surface area contributed by atoms with E-state index in [0.29, 0.717) is 6.04 Å². The molecule has 0 saturated carbocycles. The van der Waals surface area contributed by atoms with E-state index in [1.165, 1.54) is 50.9 Å². The fourth-order valence-corrected chi connectivity index (χ4v) is 3.15. The number of methoxy groups -OCH3 is 1. The molecule has 0 radical (unpaired) electrons. The third-order valence-electron chi connectivity index (χ3n) is 4.43. The molecule has 1 heterocycles. The minimum absolute atomic E-state index is 0.472. The first-order valence-electron chi connectivity index (χ1n) is 8.57. The van der Waals surface area contributed by atoms with Crippen molar-refractivity contribution in [2.24, 2.45) is 0 Å². The van der Waals surface area contributed by atoms with E-state index >= 15 is 0 Å². The van der Waals surface area contributed by atoms with Crippen LogP contribution in [0.1, 0.15) is 38.2 Å². The molecule has 1 fully saturated rings. The lowest BCUT2D eigenvalue weighted by molar-refractivity contribution is 0.328. The van der Waals surface area contributed by atoms with E-state index in [9.17, 15) is 0 Å². The van der Waals surface area contributed by atoms with Crippen molar-refractivity contribution in [1.29, 1.82) is 0 Å². The van der Waals surface area contributed by atoms with Crippen molar-refractivity contribution in [2.45, 2.75) is 45.1 Å². The molecule has 2 rings (SSSR count). The van der Waals surface area contributed by atoms with Gasteiger partial charge in [-0.1, -0.05) is 6.07 Å². The SMILES string of the molecule is COc1ccc(CC(C)NCCCCN2CCCC2)cc1N. The van der Waals surface area contributed by atoms with Gasteiger partial charge in [0.2, 0.25) is 0 Å².